The van der Waals surface area contributed by atoms with Crippen LogP contribution in [0.15, 0.2) is 328 Å². The molecule has 3 heterocycles. The van der Waals surface area contributed by atoms with E-state index in [0.717, 1.165) is 83.9 Å². The van der Waals surface area contributed by atoms with Gasteiger partial charge in [0, 0.05) is 61.6 Å². The fraction of sp³-hybridized carbons (Fsp3) is 0. The average Bonchev–Trinajstić information content (AvgIpc) is 0.679. The normalized spacial score (nSPS) is 12.6. The van der Waals surface area contributed by atoms with Crippen molar-refractivity contribution in [2.45, 2.75) is 0 Å². The number of nitrogens with zero attached hydrogens (tertiary/aromatic N) is 5. The second-order valence-electron chi connectivity index (χ2n) is 25.4. The molecule has 17 aromatic carbocycles. The molecular formula is C89H54BN5. The van der Waals surface area contributed by atoms with E-state index in [1.807, 2.05) is 0 Å². The maximum Gasteiger partial charge on any atom is 0.252 e. The standard InChI is InChI=1S/C89H54BN5/c1-7-21-55(22-8-1)65-45-66(56-23-9-2-10-24-56)48-69(47-65)87-91-88(70-49-67(57-25-11-3-12-26-57)46-68(50-70)58-27-13-4-14-28-58)93-89(92-87)71-53-78-84-79(54-71)95(73-35-17-6-18-36-73)86-75-44-42-62-32-20-30-60-38-40-64(83(75)81(60)62)52-77(86)90(84)76-51-63-39-37-59-29-19-31-61-41-43-74(82(63)80(59)61)85(76)94(78)72-33-15-5-16-34-72/h1-54H. The topological polar surface area (TPSA) is 45.2 Å². The smallest absolute Gasteiger partial charge is 0.252 e. The number of benzene rings is 17. The van der Waals surface area contributed by atoms with Crippen molar-refractivity contribution < 1.29 is 0 Å². The minimum absolute atomic E-state index is 0.207. The monoisotopic (exact) mass is 1200 g/mol. The molecule has 0 unspecified atom stereocenters. The van der Waals surface area contributed by atoms with Gasteiger partial charge in [0.1, 0.15) is 0 Å². The molecule has 0 fully saturated rings. The first kappa shape index (κ1) is 53.2. The van der Waals surface area contributed by atoms with E-state index >= 15 is 0 Å². The van der Waals surface area contributed by atoms with Crippen molar-refractivity contribution in [1.82, 2.24) is 15.0 Å². The molecule has 0 atom stereocenters. The zero-order chi connectivity index (χ0) is 62.2. The molecule has 0 N–H and O–H groups in total. The Kier molecular flexibility index (Phi) is 11.8. The van der Waals surface area contributed by atoms with Crippen LogP contribution in [0.3, 0.4) is 0 Å². The highest BCUT2D eigenvalue weighted by Crippen LogP contribution is 2.52. The minimum atomic E-state index is -0.207. The van der Waals surface area contributed by atoms with Crippen LogP contribution in [-0.2, 0) is 0 Å². The van der Waals surface area contributed by atoms with Crippen LogP contribution in [0.25, 0.3) is 143 Å². The molecule has 1 aromatic heterocycles. The van der Waals surface area contributed by atoms with Crippen LogP contribution in [0, 0.1) is 0 Å². The van der Waals surface area contributed by atoms with Gasteiger partial charge in [-0.25, -0.2) is 15.0 Å². The first-order valence-electron chi connectivity index (χ1n) is 32.7. The fourth-order valence-electron chi connectivity index (χ4n) is 15.9. The fourth-order valence-corrected chi connectivity index (χ4v) is 15.9. The van der Waals surface area contributed by atoms with Crippen LogP contribution >= 0.6 is 0 Å². The van der Waals surface area contributed by atoms with Crippen molar-refractivity contribution in [2.75, 3.05) is 9.80 Å². The highest BCUT2D eigenvalue weighted by atomic mass is 15.2. The minimum Gasteiger partial charge on any atom is -0.311 e. The first-order valence-corrected chi connectivity index (χ1v) is 32.7. The Morgan fingerprint density at radius 2 is 0.516 bits per heavy atom. The third kappa shape index (κ3) is 8.41. The van der Waals surface area contributed by atoms with Gasteiger partial charge < -0.3 is 9.80 Å². The molecule has 6 heteroatoms. The van der Waals surface area contributed by atoms with Crippen LogP contribution in [0.5, 0.6) is 0 Å². The van der Waals surface area contributed by atoms with E-state index in [2.05, 4.69) is 337 Å². The van der Waals surface area contributed by atoms with Gasteiger partial charge >= 0.3 is 0 Å². The predicted octanol–water partition coefficient (Wildman–Crippen LogP) is 21.4. The van der Waals surface area contributed by atoms with Crippen LogP contribution in [0.1, 0.15) is 0 Å². The summed E-state index contributed by atoms with van der Waals surface area (Å²) in [5.41, 5.74) is 21.6. The zero-order valence-electron chi connectivity index (χ0n) is 51.5. The molecule has 5 nitrogen and oxygen atoms in total. The highest BCUT2D eigenvalue weighted by molar-refractivity contribution is 7.01. The summed E-state index contributed by atoms with van der Waals surface area (Å²) >= 11 is 0. The lowest BCUT2D eigenvalue weighted by Crippen LogP contribution is -2.61. The summed E-state index contributed by atoms with van der Waals surface area (Å²) in [7, 11) is 0. The molecule has 0 saturated carbocycles. The van der Waals surface area contributed by atoms with Crippen LogP contribution in [0.2, 0.25) is 0 Å². The summed E-state index contributed by atoms with van der Waals surface area (Å²) in [5.74, 6) is 1.69. The van der Waals surface area contributed by atoms with Crippen LogP contribution < -0.4 is 26.2 Å². The molecule has 0 aliphatic carbocycles. The van der Waals surface area contributed by atoms with E-state index in [9.17, 15) is 0 Å². The Balaban J connectivity index is 0.928. The number of rotatable bonds is 9. The second-order valence-corrected chi connectivity index (χ2v) is 25.4. The highest BCUT2D eigenvalue weighted by Gasteiger charge is 2.46. The van der Waals surface area contributed by atoms with Crippen molar-refractivity contribution in [3.63, 3.8) is 0 Å². The van der Waals surface area contributed by atoms with Gasteiger partial charge in [-0.1, -0.05) is 255 Å². The first-order chi connectivity index (χ1) is 47.1. The van der Waals surface area contributed by atoms with Crippen LogP contribution in [0.4, 0.5) is 34.1 Å². The van der Waals surface area contributed by atoms with E-state index in [-0.39, 0.29) is 6.71 Å². The number of fused-ring (bicyclic) bond motifs is 6. The molecule has 438 valence electrons. The van der Waals surface area contributed by atoms with Crippen molar-refractivity contribution in [3.05, 3.63) is 328 Å². The average molecular weight is 1200 g/mol. The third-order valence-electron chi connectivity index (χ3n) is 20.0. The van der Waals surface area contributed by atoms with E-state index < -0.39 is 0 Å². The molecule has 0 bridgehead atoms. The molecule has 95 heavy (non-hydrogen) atoms. The van der Waals surface area contributed by atoms with Gasteiger partial charge in [-0.15, -0.1) is 0 Å². The molecular weight excluding hydrogens is 1150 g/mol. The predicted molar refractivity (Wildman–Crippen MR) is 399 cm³/mol. The largest absolute Gasteiger partial charge is 0.311 e. The van der Waals surface area contributed by atoms with Gasteiger partial charge in [0.2, 0.25) is 0 Å². The third-order valence-corrected chi connectivity index (χ3v) is 20.0. The van der Waals surface area contributed by atoms with Crippen molar-refractivity contribution in [2.24, 2.45) is 0 Å². The van der Waals surface area contributed by atoms with E-state index in [1.54, 1.807) is 0 Å². The Hall–Kier alpha value is -12.5. The number of anilines is 6. The molecule has 18 aromatic rings. The van der Waals surface area contributed by atoms with Gasteiger partial charge in [-0.05, 0) is 188 Å². The summed E-state index contributed by atoms with van der Waals surface area (Å²) in [4.78, 5) is 22.5. The van der Waals surface area contributed by atoms with Gasteiger partial charge in [0.15, 0.2) is 17.5 Å². The Morgan fingerprint density at radius 1 is 0.221 bits per heavy atom. The van der Waals surface area contributed by atoms with E-state index in [0.29, 0.717) is 17.5 Å². The lowest BCUT2D eigenvalue weighted by molar-refractivity contribution is 1.07. The van der Waals surface area contributed by atoms with Gasteiger partial charge in [-0.2, -0.15) is 0 Å². The molecule has 2 aliphatic heterocycles. The maximum absolute atomic E-state index is 5.83. The van der Waals surface area contributed by atoms with Crippen molar-refractivity contribution >= 4 is 122 Å². The summed E-state index contributed by atoms with van der Waals surface area (Å²) < 4.78 is 0. The SMILES string of the molecule is c1ccc(-c2cc(-c3ccccc3)cc(-c3nc(-c4cc(-c5ccccc5)cc(-c5ccccc5)c4)nc(-c4cc5c6c(c4)N(c4ccccc4)c4c(cc7ccc8cccc9ccc4c7c89)B6c4cc6ccc7cccc8ccc(c4N5c4ccccc4)c6c78)n3)c2)cc1. The van der Waals surface area contributed by atoms with Crippen molar-refractivity contribution in [3.8, 4) is 78.7 Å². The van der Waals surface area contributed by atoms with Gasteiger partial charge in [0.05, 0.1) is 0 Å². The van der Waals surface area contributed by atoms with E-state index in [4.69, 9.17) is 15.0 Å². The number of hydrogen-bond donors (Lipinski definition) is 0. The molecule has 20 rings (SSSR count). The molecule has 0 amide bonds. The summed E-state index contributed by atoms with van der Waals surface area (Å²) in [5, 5.41) is 14.9. The summed E-state index contributed by atoms with van der Waals surface area (Å²) in [6, 6.07) is 120. The molecule has 2 aliphatic rings. The summed E-state index contributed by atoms with van der Waals surface area (Å²) in [6.07, 6.45) is 0. The lowest BCUT2D eigenvalue weighted by Gasteiger charge is -2.45. The Labute approximate surface area is 549 Å². The van der Waals surface area contributed by atoms with E-state index in [1.165, 1.54) is 92.4 Å². The second kappa shape index (κ2) is 21.0. The Bertz CT molecular complexity index is 5570. The lowest BCUT2D eigenvalue weighted by atomic mass is 9.33. The zero-order valence-corrected chi connectivity index (χ0v) is 51.5. The molecule has 0 spiro atoms. The molecule has 0 saturated heterocycles. The van der Waals surface area contributed by atoms with Crippen LogP contribution in [-0.4, -0.2) is 21.7 Å². The van der Waals surface area contributed by atoms with Gasteiger partial charge in [-0.3, -0.25) is 0 Å². The Morgan fingerprint density at radius 3 is 0.863 bits per heavy atom. The number of hydrogen-bond acceptors (Lipinski definition) is 5. The van der Waals surface area contributed by atoms with Crippen molar-refractivity contribution in [1.29, 1.82) is 0 Å². The number of para-hydroxylation sites is 2. The maximum atomic E-state index is 5.83. The molecule has 0 radical (unpaired) electrons. The number of aromatic nitrogens is 3. The summed E-state index contributed by atoms with van der Waals surface area (Å²) in [6.45, 7) is -0.207. The van der Waals surface area contributed by atoms with Gasteiger partial charge in [0.25, 0.3) is 6.71 Å². The quantitative estimate of drug-likeness (QED) is 0.106.